The maximum absolute atomic E-state index is 11.9. The van der Waals surface area contributed by atoms with Gasteiger partial charge in [-0.1, -0.05) is 0 Å². The van der Waals surface area contributed by atoms with E-state index in [0.29, 0.717) is 23.4 Å². The van der Waals surface area contributed by atoms with Crippen molar-refractivity contribution in [2.75, 3.05) is 18.9 Å². The number of hydrogen-bond donors (Lipinski definition) is 2. The van der Waals surface area contributed by atoms with Crippen molar-refractivity contribution in [1.29, 1.82) is 0 Å². The van der Waals surface area contributed by atoms with Gasteiger partial charge in [-0.15, -0.1) is 0 Å². The number of ether oxygens (including phenoxy) is 1. The Morgan fingerprint density at radius 2 is 2.21 bits per heavy atom. The van der Waals surface area contributed by atoms with Gasteiger partial charge in [0.25, 0.3) is 5.56 Å². The van der Waals surface area contributed by atoms with E-state index in [2.05, 4.69) is 21.2 Å². The molecular formula is C12H16BrN3O3. The Balaban J connectivity index is 2.00. The van der Waals surface area contributed by atoms with Crippen LogP contribution in [-0.4, -0.2) is 29.7 Å². The van der Waals surface area contributed by atoms with Crippen LogP contribution in [0.5, 0.6) is 0 Å². The summed E-state index contributed by atoms with van der Waals surface area (Å²) in [4.78, 5) is 23.7. The van der Waals surface area contributed by atoms with Gasteiger partial charge in [0.05, 0.1) is 4.47 Å². The van der Waals surface area contributed by atoms with E-state index in [0.717, 1.165) is 12.8 Å². The Labute approximate surface area is 119 Å². The minimum atomic E-state index is -0.267. The third kappa shape index (κ3) is 3.81. The Morgan fingerprint density at radius 3 is 2.89 bits per heavy atom. The maximum atomic E-state index is 11.9. The quantitative estimate of drug-likeness (QED) is 0.844. The van der Waals surface area contributed by atoms with Gasteiger partial charge in [-0.3, -0.25) is 9.59 Å². The second-order valence-electron chi connectivity index (χ2n) is 4.51. The monoisotopic (exact) mass is 329 g/mol. The number of halogens is 1. The maximum Gasteiger partial charge on any atom is 0.265 e. The highest BCUT2D eigenvalue weighted by atomic mass is 79.9. The molecule has 1 aromatic heterocycles. The molecule has 1 aliphatic heterocycles. The zero-order chi connectivity index (χ0) is 13.8. The largest absolute Gasteiger partial charge is 0.398 e. The lowest BCUT2D eigenvalue weighted by atomic mass is 10.1. The molecule has 0 radical (unpaired) electrons. The fourth-order valence-electron chi connectivity index (χ4n) is 2.01. The van der Waals surface area contributed by atoms with Crippen molar-refractivity contribution in [3.8, 4) is 0 Å². The number of nitrogen functional groups attached to an aromatic ring is 1. The number of nitrogens with two attached hydrogens (primary N) is 1. The van der Waals surface area contributed by atoms with Crippen molar-refractivity contribution in [2.24, 2.45) is 0 Å². The van der Waals surface area contributed by atoms with E-state index in [4.69, 9.17) is 10.5 Å². The molecule has 1 saturated heterocycles. The summed E-state index contributed by atoms with van der Waals surface area (Å²) in [7, 11) is 0. The van der Waals surface area contributed by atoms with Crippen LogP contribution in [0.1, 0.15) is 12.8 Å². The smallest absolute Gasteiger partial charge is 0.265 e. The first kappa shape index (κ1) is 14.1. The van der Waals surface area contributed by atoms with Gasteiger partial charge in [0.15, 0.2) is 0 Å². The lowest BCUT2D eigenvalue weighted by molar-refractivity contribution is -0.123. The molecule has 0 saturated carbocycles. The lowest BCUT2D eigenvalue weighted by Gasteiger charge is -2.23. The van der Waals surface area contributed by atoms with Crippen molar-refractivity contribution in [2.45, 2.75) is 25.4 Å². The van der Waals surface area contributed by atoms with Crippen LogP contribution in [0.4, 0.5) is 5.69 Å². The number of amides is 1. The molecule has 0 spiro atoms. The van der Waals surface area contributed by atoms with Crippen molar-refractivity contribution in [3.05, 3.63) is 27.1 Å². The van der Waals surface area contributed by atoms with E-state index in [1.54, 1.807) is 0 Å². The first-order valence-corrected chi connectivity index (χ1v) is 6.88. The third-order valence-corrected chi connectivity index (χ3v) is 3.53. The normalized spacial score (nSPS) is 16.3. The highest BCUT2D eigenvalue weighted by Gasteiger charge is 2.16. The summed E-state index contributed by atoms with van der Waals surface area (Å²) in [6.07, 6.45) is 3.08. The number of anilines is 1. The fraction of sp³-hybridized carbons (Fsp3) is 0.500. The molecule has 2 heterocycles. The van der Waals surface area contributed by atoms with E-state index in [9.17, 15) is 9.59 Å². The zero-order valence-corrected chi connectivity index (χ0v) is 12.0. The van der Waals surface area contributed by atoms with Crippen molar-refractivity contribution < 1.29 is 9.53 Å². The Kier molecular flexibility index (Phi) is 4.60. The van der Waals surface area contributed by atoms with E-state index in [1.165, 1.54) is 16.8 Å². The predicted molar refractivity (Wildman–Crippen MR) is 74.8 cm³/mol. The van der Waals surface area contributed by atoms with Crippen LogP contribution in [0.2, 0.25) is 0 Å². The molecular weight excluding hydrogens is 314 g/mol. The predicted octanol–water partition coefficient (Wildman–Crippen LogP) is 0.488. The minimum Gasteiger partial charge on any atom is -0.398 e. The number of nitrogens with zero attached hydrogens (tertiary/aromatic N) is 1. The van der Waals surface area contributed by atoms with Crippen LogP contribution in [-0.2, 0) is 16.1 Å². The molecule has 0 unspecified atom stereocenters. The number of carbonyl (C=O) groups excluding carboxylic acids is 1. The number of nitrogens with one attached hydrogen (secondary N) is 1. The molecule has 104 valence electrons. The Morgan fingerprint density at radius 1 is 1.53 bits per heavy atom. The Bertz CT molecular complexity index is 523. The first-order chi connectivity index (χ1) is 9.06. The van der Waals surface area contributed by atoms with Gasteiger partial charge in [-0.25, -0.2) is 0 Å². The second kappa shape index (κ2) is 6.21. The first-order valence-electron chi connectivity index (χ1n) is 6.09. The van der Waals surface area contributed by atoms with Crippen LogP contribution >= 0.6 is 15.9 Å². The summed E-state index contributed by atoms with van der Waals surface area (Å²) < 4.78 is 6.87. The molecule has 1 amide bonds. The summed E-state index contributed by atoms with van der Waals surface area (Å²) in [5, 5.41) is 2.90. The SMILES string of the molecule is Nc1cc(Br)c(=O)n(CC(=O)NC2CCOCC2)c1. The third-order valence-electron chi connectivity index (χ3n) is 2.96. The van der Waals surface area contributed by atoms with Crippen LogP contribution in [0, 0.1) is 0 Å². The topological polar surface area (TPSA) is 86.4 Å². The average molecular weight is 330 g/mol. The van der Waals surface area contributed by atoms with E-state index in [1.807, 2.05) is 0 Å². The van der Waals surface area contributed by atoms with E-state index in [-0.39, 0.29) is 24.1 Å². The number of hydrogen-bond acceptors (Lipinski definition) is 4. The molecule has 3 N–H and O–H groups in total. The van der Waals surface area contributed by atoms with Crippen LogP contribution in [0.3, 0.4) is 0 Å². The van der Waals surface area contributed by atoms with Crippen LogP contribution < -0.4 is 16.6 Å². The molecule has 1 aromatic rings. The molecule has 1 fully saturated rings. The highest BCUT2D eigenvalue weighted by Crippen LogP contribution is 2.09. The summed E-state index contributed by atoms with van der Waals surface area (Å²) in [5.41, 5.74) is 5.82. The molecule has 7 heteroatoms. The van der Waals surface area contributed by atoms with Crippen molar-refractivity contribution in [1.82, 2.24) is 9.88 Å². The van der Waals surface area contributed by atoms with Gasteiger partial charge in [-0.2, -0.15) is 0 Å². The summed E-state index contributed by atoms with van der Waals surface area (Å²) in [5.74, 6) is -0.188. The lowest BCUT2D eigenvalue weighted by Crippen LogP contribution is -2.41. The van der Waals surface area contributed by atoms with Crippen LogP contribution in [0.25, 0.3) is 0 Å². The Hall–Kier alpha value is -1.34. The van der Waals surface area contributed by atoms with Gasteiger partial charge in [0.2, 0.25) is 5.91 Å². The minimum absolute atomic E-state index is 0.0279. The van der Waals surface area contributed by atoms with Crippen molar-refractivity contribution >= 4 is 27.5 Å². The highest BCUT2D eigenvalue weighted by molar-refractivity contribution is 9.10. The molecule has 0 atom stereocenters. The summed E-state index contributed by atoms with van der Waals surface area (Å²) >= 11 is 3.12. The van der Waals surface area contributed by atoms with Gasteiger partial charge in [-0.05, 0) is 34.8 Å². The van der Waals surface area contributed by atoms with E-state index < -0.39 is 0 Å². The zero-order valence-electron chi connectivity index (χ0n) is 10.4. The van der Waals surface area contributed by atoms with Gasteiger partial charge in [0.1, 0.15) is 6.54 Å². The number of rotatable bonds is 3. The molecule has 0 bridgehead atoms. The van der Waals surface area contributed by atoms with E-state index >= 15 is 0 Å². The molecule has 1 aliphatic rings. The molecule has 2 rings (SSSR count). The fourth-order valence-corrected chi connectivity index (χ4v) is 2.50. The number of pyridine rings is 1. The number of carbonyl (C=O) groups is 1. The summed E-state index contributed by atoms with van der Waals surface area (Å²) in [6.45, 7) is 1.29. The molecule has 19 heavy (non-hydrogen) atoms. The van der Waals surface area contributed by atoms with Gasteiger partial charge < -0.3 is 20.4 Å². The molecule has 6 nitrogen and oxygen atoms in total. The standard InChI is InChI=1S/C12H16BrN3O3/c13-10-5-8(14)6-16(12(10)18)7-11(17)15-9-1-3-19-4-2-9/h5-6,9H,1-4,7,14H2,(H,15,17). The van der Waals surface area contributed by atoms with Gasteiger partial charge >= 0.3 is 0 Å². The van der Waals surface area contributed by atoms with Gasteiger partial charge in [0, 0.05) is 31.1 Å². The second-order valence-corrected chi connectivity index (χ2v) is 5.36. The van der Waals surface area contributed by atoms with Crippen LogP contribution in [0.15, 0.2) is 21.5 Å². The summed E-state index contributed by atoms with van der Waals surface area (Å²) in [6, 6.07) is 1.65. The number of aromatic nitrogens is 1. The molecule has 0 aromatic carbocycles. The van der Waals surface area contributed by atoms with Crippen molar-refractivity contribution in [3.63, 3.8) is 0 Å². The molecule has 0 aliphatic carbocycles. The average Bonchev–Trinajstić information content (AvgIpc) is 2.36.